The molecule has 2 nitrogen and oxygen atoms in total. The van der Waals surface area contributed by atoms with E-state index in [2.05, 4.69) is 62.9 Å². The second kappa shape index (κ2) is 4.42. The maximum absolute atomic E-state index is 4.77. The van der Waals surface area contributed by atoms with Gasteiger partial charge in [0.2, 0.25) is 5.36 Å². The molecule has 0 bridgehead atoms. The second-order valence-corrected chi connectivity index (χ2v) is 6.25. The van der Waals surface area contributed by atoms with Gasteiger partial charge in [0, 0.05) is 12.1 Å². The Balaban J connectivity index is 2.40. The molecule has 0 N–H and O–H groups in total. The minimum Gasteiger partial charge on any atom is -0.246 e. The third-order valence-electron chi connectivity index (χ3n) is 3.50. The van der Waals surface area contributed by atoms with Crippen molar-refractivity contribution in [1.82, 2.24) is 9.56 Å². The van der Waals surface area contributed by atoms with Crippen LogP contribution in [-0.2, 0) is 0 Å². The summed E-state index contributed by atoms with van der Waals surface area (Å²) in [6, 6.07) is 10.9. The van der Waals surface area contributed by atoms with Gasteiger partial charge in [-0.25, -0.2) is 9.56 Å². The first-order chi connectivity index (χ1) is 9.04. The van der Waals surface area contributed by atoms with Crippen molar-refractivity contribution in [2.24, 2.45) is 0 Å². The quantitative estimate of drug-likeness (QED) is 0.452. The maximum atomic E-state index is 4.77. The Hall–Kier alpha value is -1.74. The van der Waals surface area contributed by atoms with Gasteiger partial charge in [-0.3, -0.25) is 0 Å². The highest BCUT2D eigenvalue weighted by molar-refractivity contribution is 7.21. The lowest BCUT2D eigenvalue weighted by atomic mass is 10.1. The average Bonchev–Trinajstić information content (AvgIpc) is 2.37. The van der Waals surface area contributed by atoms with Crippen LogP contribution in [0, 0.1) is 13.8 Å². The molecule has 2 aliphatic rings. The molecular weight excluding hydrogens is 252 g/mol. The van der Waals surface area contributed by atoms with Gasteiger partial charge in [-0.05, 0) is 43.2 Å². The van der Waals surface area contributed by atoms with Crippen LogP contribution in [0.5, 0.6) is 0 Å². The fraction of sp³-hybridized carbons (Fsp3) is 0.250. The van der Waals surface area contributed by atoms with Crippen LogP contribution in [0.4, 0.5) is 0 Å². The topological polar surface area (TPSA) is 15.9 Å². The van der Waals surface area contributed by atoms with Crippen LogP contribution in [0.3, 0.4) is 0 Å². The van der Waals surface area contributed by atoms with Crippen molar-refractivity contribution in [3.63, 3.8) is 0 Å². The van der Waals surface area contributed by atoms with Gasteiger partial charge in [0.15, 0.2) is 0 Å². The van der Waals surface area contributed by atoms with Crippen molar-refractivity contribution >= 4 is 21.6 Å². The number of aromatic nitrogens is 1. The van der Waals surface area contributed by atoms with Crippen LogP contribution in [0.2, 0.25) is 0 Å². The number of aryl methyl sites for hydroxylation is 2. The summed E-state index contributed by atoms with van der Waals surface area (Å²) in [5, 5.41) is 1.22. The zero-order valence-corrected chi connectivity index (χ0v) is 12.5. The van der Waals surface area contributed by atoms with Crippen LogP contribution in [0.15, 0.2) is 30.3 Å². The van der Waals surface area contributed by atoms with E-state index in [9.17, 15) is 0 Å². The number of fused-ring (bicyclic) bond motifs is 2. The van der Waals surface area contributed by atoms with E-state index in [4.69, 9.17) is 4.98 Å². The molecular formula is C16H17N2S+. The third kappa shape index (κ3) is 2.15. The first-order valence-electron chi connectivity index (χ1n) is 6.37. The van der Waals surface area contributed by atoms with Gasteiger partial charge in [0.1, 0.15) is 14.1 Å². The summed E-state index contributed by atoms with van der Waals surface area (Å²) in [7, 11) is 4.13. The number of hydrogen-bond acceptors (Lipinski definition) is 2. The number of hydrogen-bond donors (Lipinski definition) is 0. The SMILES string of the molecule is Cc1cc2nc3ccc(=[N+](C)C)cc-3sc2cc1C. The molecule has 0 aromatic heterocycles. The molecule has 1 aliphatic heterocycles. The normalized spacial score (nSPS) is 11.2. The molecule has 1 heterocycles. The first-order valence-corrected chi connectivity index (χ1v) is 7.18. The standard InChI is InChI=1S/C16H17N2S/c1-10-7-14-15(8-11(10)2)19-16-9-12(18(3)4)5-6-13(16)17-14/h5-9H,1-4H3/q+1. The minimum atomic E-state index is 1.08. The van der Waals surface area contributed by atoms with Crippen molar-refractivity contribution in [1.29, 1.82) is 0 Å². The summed E-state index contributed by atoms with van der Waals surface area (Å²) in [4.78, 5) is 6.01. The van der Waals surface area contributed by atoms with E-state index in [1.165, 1.54) is 26.1 Å². The Labute approximate surface area is 117 Å². The van der Waals surface area contributed by atoms with Gasteiger partial charge < -0.3 is 0 Å². The van der Waals surface area contributed by atoms with E-state index in [1.54, 1.807) is 0 Å². The predicted molar refractivity (Wildman–Crippen MR) is 82.8 cm³/mol. The van der Waals surface area contributed by atoms with Gasteiger partial charge in [-0.15, -0.1) is 11.3 Å². The van der Waals surface area contributed by atoms with Crippen molar-refractivity contribution in [2.45, 2.75) is 13.8 Å². The molecule has 0 spiro atoms. The lowest BCUT2D eigenvalue weighted by molar-refractivity contribution is 0.814. The highest BCUT2D eigenvalue weighted by atomic mass is 32.1. The summed E-state index contributed by atoms with van der Waals surface area (Å²) in [5.74, 6) is 0. The van der Waals surface area contributed by atoms with Gasteiger partial charge in [-0.2, -0.15) is 0 Å². The largest absolute Gasteiger partial charge is 0.246 e. The van der Waals surface area contributed by atoms with Gasteiger partial charge >= 0.3 is 0 Å². The lowest BCUT2D eigenvalue weighted by Gasteiger charge is -2.07. The van der Waals surface area contributed by atoms with Crippen LogP contribution in [0.25, 0.3) is 20.8 Å². The smallest absolute Gasteiger partial charge is 0.201 e. The average molecular weight is 269 g/mol. The summed E-state index contributed by atoms with van der Waals surface area (Å²) in [5.41, 5.74) is 4.80. The molecule has 0 fully saturated rings. The molecule has 0 radical (unpaired) electrons. The highest BCUT2D eigenvalue weighted by Crippen LogP contribution is 2.30. The third-order valence-corrected chi connectivity index (χ3v) is 4.59. The Bertz CT molecular complexity index is 811. The van der Waals surface area contributed by atoms with Gasteiger partial charge in [-0.1, -0.05) is 0 Å². The van der Waals surface area contributed by atoms with E-state index in [1.807, 2.05) is 11.3 Å². The summed E-state index contributed by atoms with van der Waals surface area (Å²) in [6.07, 6.45) is 0. The fourth-order valence-electron chi connectivity index (χ4n) is 2.15. The molecule has 0 amide bonds. The monoisotopic (exact) mass is 269 g/mol. The lowest BCUT2D eigenvalue weighted by Crippen LogP contribution is -2.21. The Morgan fingerprint density at radius 3 is 2.47 bits per heavy atom. The Morgan fingerprint density at radius 1 is 1.00 bits per heavy atom. The van der Waals surface area contributed by atoms with E-state index >= 15 is 0 Å². The van der Waals surface area contributed by atoms with E-state index in [0.29, 0.717) is 0 Å². The molecule has 19 heavy (non-hydrogen) atoms. The van der Waals surface area contributed by atoms with Crippen LogP contribution in [0.1, 0.15) is 11.1 Å². The maximum Gasteiger partial charge on any atom is 0.201 e. The molecule has 0 saturated heterocycles. The second-order valence-electron chi connectivity index (χ2n) is 5.16. The summed E-state index contributed by atoms with van der Waals surface area (Å²) < 4.78 is 3.38. The van der Waals surface area contributed by atoms with Gasteiger partial charge in [0.05, 0.1) is 20.8 Å². The molecule has 96 valence electrons. The van der Waals surface area contributed by atoms with Gasteiger partial charge in [0.25, 0.3) is 0 Å². The molecule has 1 aliphatic carbocycles. The molecule has 3 rings (SSSR count). The van der Waals surface area contributed by atoms with Crippen molar-refractivity contribution in [3.05, 3.63) is 46.8 Å². The van der Waals surface area contributed by atoms with Crippen molar-refractivity contribution < 1.29 is 0 Å². The Kier molecular flexibility index (Phi) is 2.86. The van der Waals surface area contributed by atoms with Crippen molar-refractivity contribution in [2.75, 3.05) is 14.1 Å². The molecule has 1 aromatic carbocycles. The number of nitrogens with zero attached hydrogens (tertiary/aromatic N) is 2. The minimum absolute atomic E-state index is 1.08. The first kappa shape index (κ1) is 12.3. The Morgan fingerprint density at radius 2 is 1.74 bits per heavy atom. The fourth-order valence-corrected chi connectivity index (χ4v) is 3.23. The van der Waals surface area contributed by atoms with Crippen LogP contribution >= 0.6 is 11.3 Å². The molecule has 0 saturated carbocycles. The van der Waals surface area contributed by atoms with Crippen molar-refractivity contribution in [3.8, 4) is 10.6 Å². The zero-order valence-electron chi connectivity index (χ0n) is 11.7. The van der Waals surface area contributed by atoms with E-state index < -0.39 is 0 Å². The zero-order chi connectivity index (χ0) is 13.6. The van der Waals surface area contributed by atoms with E-state index in [-0.39, 0.29) is 0 Å². The van der Waals surface area contributed by atoms with E-state index in [0.717, 1.165) is 11.2 Å². The van der Waals surface area contributed by atoms with Crippen LogP contribution < -0.4 is 9.93 Å². The summed E-state index contributed by atoms with van der Waals surface area (Å²) >= 11 is 1.82. The molecule has 0 atom stereocenters. The number of benzene rings is 2. The summed E-state index contributed by atoms with van der Waals surface area (Å²) in [6.45, 7) is 4.29. The molecule has 0 unspecified atom stereocenters. The van der Waals surface area contributed by atoms with Crippen LogP contribution in [-0.4, -0.2) is 19.1 Å². The predicted octanol–water partition coefficient (Wildman–Crippen LogP) is 3.05. The number of rotatable bonds is 0. The molecule has 1 aromatic rings. The molecule has 3 heteroatoms. The highest BCUT2D eigenvalue weighted by Gasteiger charge is 2.09.